The highest BCUT2D eigenvalue weighted by Gasteiger charge is 2.21. The lowest BCUT2D eigenvalue weighted by Gasteiger charge is -2.26. The van der Waals surface area contributed by atoms with Crippen LogP contribution >= 0.6 is 0 Å². The minimum absolute atomic E-state index is 0.0280. The van der Waals surface area contributed by atoms with Crippen LogP contribution in [0.2, 0.25) is 0 Å². The topological polar surface area (TPSA) is 55.4 Å². The van der Waals surface area contributed by atoms with Gasteiger partial charge in [-0.25, -0.2) is 0 Å². The van der Waals surface area contributed by atoms with Crippen molar-refractivity contribution in [3.05, 3.63) is 65.2 Å². The molecule has 4 heteroatoms. The highest BCUT2D eigenvalue weighted by Crippen LogP contribution is 2.29. The highest BCUT2D eigenvalue weighted by atomic mass is 16.5. The number of carbonyl (C=O) groups excluding carboxylic acids is 2. The highest BCUT2D eigenvalue weighted by molar-refractivity contribution is 5.95. The van der Waals surface area contributed by atoms with Gasteiger partial charge in [0.05, 0.1) is 6.04 Å². The fraction of sp³-hybridized carbons (Fsp3) is 0.333. The summed E-state index contributed by atoms with van der Waals surface area (Å²) in [4.78, 5) is 23.8. The monoisotopic (exact) mass is 337 g/mol. The molecule has 1 atom stereocenters. The summed E-state index contributed by atoms with van der Waals surface area (Å²) in [5.74, 6) is 0.558. The summed E-state index contributed by atoms with van der Waals surface area (Å²) < 4.78 is 5.54. The number of benzene rings is 2. The van der Waals surface area contributed by atoms with Crippen molar-refractivity contribution < 1.29 is 14.3 Å². The maximum atomic E-state index is 12.2. The third-order valence-electron chi connectivity index (χ3n) is 4.57. The summed E-state index contributed by atoms with van der Waals surface area (Å²) in [6, 6.07) is 15.3. The molecule has 0 saturated carbocycles. The van der Waals surface area contributed by atoms with Gasteiger partial charge in [-0.3, -0.25) is 9.59 Å². The van der Waals surface area contributed by atoms with E-state index < -0.39 is 0 Å². The van der Waals surface area contributed by atoms with Crippen LogP contribution in [-0.2, 0) is 11.2 Å². The van der Waals surface area contributed by atoms with Gasteiger partial charge >= 0.3 is 0 Å². The van der Waals surface area contributed by atoms with Gasteiger partial charge in [-0.2, -0.15) is 0 Å². The molecule has 0 heterocycles. The second-order valence-corrected chi connectivity index (χ2v) is 6.30. The molecule has 0 saturated heterocycles. The number of amides is 1. The minimum atomic E-state index is -0.129. The Morgan fingerprint density at radius 2 is 1.88 bits per heavy atom. The first-order valence-corrected chi connectivity index (χ1v) is 8.80. The molecule has 0 aromatic heterocycles. The van der Waals surface area contributed by atoms with E-state index in [0.29, 0.717) is 17.7 Å². The van der Waals surface area contributed by atoms with E-state index in [4.69, 9.17) is 4.74 Å². The smallest absolute Gasteiger partial charge is 0.258 e. The molecule has 1 N–H and O–H groups in total. The van der Waals surface area contributed by atoms with E-state index in [1.165, 1.54) is 11.1 Å². The standard InChI is InChI=1S/C21H23NO3/c1-2-20(23)16-10-12-17(13-11-16)25-14-21(24)22-19-9-5-7-15-6-3-4-8-18(15)19/h3-4,6,8,10-13,19H,2,5,7,9,14H2,1H3,(H,22,24). The first kappa shape index (κ1) is 17.2. The molecule has 1 aliphatic carbocycles. The maximum absolute atomic E-state index is 12.2. The summed E-state index contributed by atoms with van der Waals surface area (Å²) in [7, 11) is 0. The SMILES string of the molecule is CCC(=O)c1ccc(OCC(=O)NC2CCCc3ccccc32)cc1. The Bertz CT molecular complexity index is 752. The van der Waals surface area contributed by atoms with Crippen molar-refractivity contribution >= 4 is 11.7 Å². The van der Waals surface area contributed by atoms with Crippen LogP contribution in [0.5, 0.6) is 5.75 Å². The average Bonchev–Trinajstić information content (AvgIpc) is 2.66. The average molecular weight is 337 g/mol. The summed E-state index contributed by atoms with van der Waals surface area (Å²) in [6.07, 6.45) is 3.58. The lowest BCUT2D eigenvalue weighted by molar-refractivity contribution is -0.123. The number of ether oxygens (including phenoxy) is 1. The van der Waals surface area contributed by atoms with Crippen molar-refractivity contribution in [1.82, 2.24) is 5.32 Å². The second kappa shape index (κ2) is 7.97. The molecule has 4 nitrogen and oxygen atoms in total. The van der Waals surface area contributed by atoms with Crippen LogP contribution in [0.25, 0.3) is 0 Å². The predicted molar refractivity (Wildman–Crippen MR) is 96.8 cm³/mol. The molecule has 1 amide bonds. The molecule has 0 aliphatic heterocycles. The Morgan fingerprint density at radius 3 is 2.64 bits per heavy atom. The number of aryl methyl sites for hydroxylation is 1. The maximum Gasteiger partial charge on any atom is 0.258 e. The number of ketones is 1. The number of nitrogens with one attached hydrogen (secondary N) is 1. The number of carbonyl (C=O) groups is 2. The number of rotatable bonds is 6. The van der Waals surface area contributed by atoms with Crippen molar-refractivity contribution in [2.24, 2.45) is 0 Å². The van der Waals surface area contributed by atoms with Gasteiger partial charge in [0.25, 0.3) is 5.91 Å². The van der Waals surface area contributed by atoms with Gasteiger partial charge in [0, 0.05) is 12.0 Å². The zero-order valence-electron chi connectivity index (χ0n) is 14.5. The van der Waals surface area contributed by atoms with Crippen LogP contribution in [0.1, 0.15) is 53.7 Å². The Hall–Kier alpha value is -2.62. The molecule has 25 heavy (non-hydrogen) atoms. The molecule has 1 unspecified atom stereocenters. The quantitative estimate of drug-likeness (QED) is 0.815. The molecule has 3 rings (SSSR count). The Morgan fingerprint density at radius 1 is 1.12 bits per heavy atom. The van der Waals surface area contributed by atoms with Crippen molar-refractivity contribution in [3.8, 4) is 5.75 Å². The van der Waals surface area contributed by atoms with E-state index in [1.807, 2.05) is 19.1 Å². The minimum Gasteiger partial charge on any atom is -0.484 e. The third kappa shape index (κ3) is 4.27. The number of Topliss-reactive ketones (excluding diaryl/α,β-unsaturated/α-hetero) is 1. The van der Waals surface area contributed by atoms with Gasteiger partial charge < -0.3 is 10.1 Å². The predicted octanol–water partition coefficient (Wildman–Crippen LogP) is 3.85. The van der Waals surface area contributed by atoms with Crippen LogP contribution in [0.4, 0.5) is 0 Å². The molecule has 130 valence electrons. The first-order chi connectivity index (χ1) is 12.2. The first-order valence-electron chi connectivity index (χ1n) is 8.80. The number of hydrogen-bond donors (Lipinski definition) is 1. The lowest BCUT2D eigenvalue weighted by atomic mass is 9.88. The second-order valence-electron chi connectivity index (χ2n) is 6.30. The van der Waals surface area contributed by atoms with E-state index in [-0.39, 0.29) is 24.3 Å². The molecule has 0 fully saturated rings. The molecule has 2 aromatic rings. The van der Waals surface area contributed by atoms with Gasteiger partial charge in [0.1, 0.15) is 5.75 Å². The molecular weight excluding hydrogens is 314 g/mol. The van der Waals surface area contributed by atoms with E-state index in [9.17, 15) is 9.59 Å². The van der Waals surface area contributed by atoms with E-state index in [0.717, 1.165) is 19.3 Å². The summed E-state index contributed by atoms with van der Waals surface area (Å²) in [6.45, 7) is 1.81. The Labute approximate surface area is 148 Å². The van der Waals surface area contributed by atoms with Crippen molar-refractivity contribution in [3.63, 3.8) is 0 Å². The van der Waals surface area contributed by atoms with Gasteiger partial charge in [-0.1, -0.05) is 31.2 Å². The van der Waals surface area contributed by atoms with Crippen LogP contribution in [-0.4, -0.2) is 18.3 Å². The van der Waals surface area contributed by atoms with Gasteiger partial charge in [-0.05, 0) is 54.7 Å². The number of fused-ring (bicyclic) bond motifs is 1. The van der Waals surface area contributed by atoms with Crippen molar-refractivity contribution in [2.75, 3.05) is 6.61 Å². The van der Waals surface area contributed by atoms with Crippen molar-refractivity contribution in [2.45, 2.75) is 38.6 Å². The van der Waals surface area contributed by atoms with E-state index in [2.05, 4.69) is 17.4 Å². The van der Waals surface area contributed by atoms with Crippen molar-refractivity contribution in [1.29, 1.82) is 0 Å². The molecular formula is C21H23NO3. The van der Waals surface area contributed by atoms with Gasteiger partial charge in [0.15, 0.2) is 12.4 Å². The molecule has 1 aliphatic rings. The lowest BCUT2D eigenvalue weighted by Crippen LogP contribution is -2.34. The largest absolute Gasteiger partial charge is 0.484 e. The van der Waals surface area contributed by atoms with Gasteiger partial charge in [-0.15, -0.1) is 0 Å². The fourth-order valence-corrected chi connectivity index (χ4v) is 3.23. The summed E-state index contributed by atoms with van der Waals surface area (Å²) >= 11 is 0. The normalized spacial score (nSPS) is 16.0. The zero-order chi connectivity index (χ0) is 17.6. The van der Waals surface area contributed by atoms with Crippen LogP contribution < -0.4 is 10.1 Å². The fourth-order valence-electron chi connectivity index (χ4n) is 3.23. The Balaban J connectivity index is 1.54. The van der Waals surface area contributed by atoms with Gasteiger partial charge in [0.2, 0.25) is 0 Å². The van der Waals surface area contributed by atoms with Crippen LogP contribution in [0.15, 0.2) is 48.5 Å². The van der Waals surface area contributed by atoms with Crippen LogP contribution in [0, 0.1) is 0 Å². The molecule has 0 radical (unpaired) electrons. The van der Waals surface area contributed by atoms with E-state index in [1.54, 1.807) is 24.3 Å². The zero-order valence-corrected chi connectivity index (χ0v) is 14.5. The molecule has 0 bridgehead atoms. The summed E-state index contributed by atoms with van der Waals surface area (Å²) in [5.41, 5.74) is 3.19. The molecule has 0 spiro atoms. The Kier molecular flexibility index (Phi) is 5.49. The van der Waals surface area contributed by atoms with E-state index >= 15 is 0 Å². The summed E-state index contributed by atoms with van der Waals surface area (Å²) in [5, 5.41) is 3.07. The van der Waals surface area contributed by atoms with Crippen LogP contribution in [0.3, 0.4) is 0 Å². The third-order valence-corrected chi connectivity index (χ3v) is 4.57. The number of hydrogen-bond acceptors (Lipinski definition) is 3. The molecule has 2 aromatic carbocycles.